The van der Waals surface area contributed by atoms with Crippen LogP contribution in [0.25, 0.3) is 0 Å². The first kappa shape index (κ1) is 23.5. The molecule has 0 heterocycles. The van der Waals surface area contributed by atoms with Crippen LogP contribution in [0.15, 0.2) is 93.3 Å². The van der Waals surface area contributed by atoms with Crippen molar-refractivity contribution in [2.24, 2.45) is 5.10 Å². The summed E-state index contributed by atoms with van der Waals surface area (Å²) in [6.07, 6.45) is 0. The first-order chi connectivity index (χ1) is 15.3. The summed E-state index contributed by atoms with van der Waals surface area (Å²) in [6.45, 7) is 1.31. The lowest BCUT2D eigenvalue weighted by Gasteiger charge is -2.23. The summed E-state index contributed by atoms with van der Waals surface area (Å²) in [5, 5.41) is 4.11. The maximum absolute atomic E-state index is 13.3. The lowest BCUT2D eigenvalue weighted by molar-refractivity contribution is -0.119. The summed E-state index contributed by atoms with van der Waals surface area (Å²) < 4.78 is 33.5. The summed E-state index contributed by atoms with van der Waals surface area (Å²) in [5.74, 6) is 0.141. The lowest BCUT2D eigenvalue weighted by Crippen LogP contribution is -2.39. The monoisotopic (exact) mass is 515 g/mol. The lowest BCUT2D eigenvalue weighted by atomic mass is 10.1. The third-order valence-electron chi connectivity index (χ3n) is 4.59. The van der Waals surface area contributed by atoms with E-state index in [-0.39, 0.29) is 4.90 Å². The van der Waals surface area contributed by atoms with Crippen LogP contribution in [0.2, 0.25) is 0 Å². The van der Waals surface area contributed by atoms with Crippen LogP contribution in [0.5, 0.6) is 5.75 Å². The Morgan fingerprint density at radius 2 is 1.62 bits per heavy atom. The van der Waals surface area contributed by atoms with Crippen LogP contribution in [-0.2, 0) is 14.8 Å². The molecule has 7 nitrogen and oxygen atoms in total. The topological polar surface area (TPSA) is 88.1 Å². The Kier molecular flexibility index (Phi) is 7.66. The van der Waals surface area contributed by atoms with Crippen LogP contribution in [0, 0.1) is 0 Å². The van der Waals surface area contributed by atoms with Crippen LogP contribution in [-0.4, -0.2) is 33.7 Å². The largest absolute Gasteiger partial charge is 0.497 e. The van der Waals surface area contributed by atoms with Gasteiger partial charge in [-0.1, -0.05) is 34.1 Å². The van der Waals surface area contributed by atoms with Gasteiger partial charge in [0.1, 0.15) is 12.3 Å². The van der Waals surface area contributed by atoms with E-state index in [0.29, 0.717) is 17.1 Å². The number of halogens is 1. The molecule has 0 spiro atoms. The summed E-state index contributed by atoms with van der Waals surface area (Å²) >= 11 is 3.34. The number of nitrogens with zero attached hydrogens (tertiary/aromatic N) is 2. The highest BCUT2D eigenvalue weighted by molar-refractivity contribution is 9.10. The van der Waals surface area contributed by atoms with Crippen LogP contribution in [0.1, 0.15) is 12.5 Å². The van der Waals surface area contributed by atoms with E-state index in [0.717, 1.165) is 14.3 Å². The first-order valence-corrected chi connectivity index (χ1v) is 11.9. The number of hydrogen-bond donors (Lipinski definition) is 1. The van der Waals surface area contributed by atoms with E-state index in [1.807, 2.05) is 12.1 Å². The smallest absolute Gasteiger partial charge is 0.264 e. The van der Waals surface area contributed by atoms with Gasteiger partial charge in [-0.2, -0.15) is 5.10 Å². The molecule has 0 bridgehead atoms. The van der Waals surface area contributed by atoms with Gasteiger partial charge < -0.3 is 4.74 Å². The summed E-state index contributed by atoms with van der Waals surface area (Å²) in [7, 11) is -2.39. The molecule has 166 valence electrons. The zero-order valence-electron chi connectivity index (χ0n) is 17.5. The molecule has 3 aromatic carbocycles. The van der Waals surface area contributed by atoms with Crippen LogP contribution in [0.3, 0.4) is 0 Å². The van der Waals surface area contributed by atoms with Gasteiger partial charge in [-0.15, -0.1) is 0 Å². The van der Waals surface area contributed by atoms with E-state index in [4.69, 9.17) is 4.74 Å². The van der Waals surface area contributed by atoms with E-state index < -0.39 is 22.5 Å². The number of benzene rings is 3. The molecular formula is C23H22BrN3O4S. The van der Waals surface area contributed by atoms with Gasteiger partial charge in [-0.3, -0.25) is 9.10 Å². The molecule has 0 aliphatic carbocycles. The van der Waals surface area contributed by atoms with Gasteiger partial charge in [0.25, 0.3) is 15.9 Å². The molecule has 0 unspecified atom stereocenters. The van der Waals surface area contributed by atoms with Crippen molar-refractivity contribution in [3.63, 3.8) is 0 Å². The maximum atomic E-state index is 13.3. The summed E-state index contributed by atoms with van der Waals surface area (Å²) in [4.78, 5) is 12.7. The maximum Gasteiger partial charge on any atom is 0.264 e. The van der Waals surface area contributed by atoms with Crippen molar-refractivity contribution < 1.29 is 17.9 Å². The molecule has 1 N–H and O–H groups in total. The third kappa shape index (κ3) is 5.74. The van der Waals surface area contributed by atoms with Crippen molar-refractivity contribution >= 4 is 43.3 Å². The van der Waals surface area contributed by atoms with Gasteiger partial charge in [-0.25, -0.2) is 13.8 Å². The average molecular weight is 516 g/mol. The molecule has 9 heteroatoms. The fourth-order valence-corrected chi connectivity index (χ4v) is 4.56. The quantitative estimate of drug-likeness (QED) is 0.359. The number of hydrazone groups is 1. The molecule has 1 amide bonds. The Morgan fingerprint density at radius 3 is 2.22 bits per heavy atom. The second-order valence-electron chi connectivity index (χ2n) is 6.76. The standard InChI is InChI=1S/C23H22BrN3O4S/c1-17(18-8-14-21(31-2)15-9-18)25-26-23(28)16-27(20-12-10-19(24)11-13-20)32(29,30)22-6-4-3-5-7-22/h3-15H,16H2,1-2H3,(H,26,28). The fourth-order valence-electron chi connectivity index (χ4n) is 2.85. The molecule has 0 fully saturated rings. The molecule has 0 saturated carbocycles. The van der Waals surface area contributed by atoms with Crippen LogP contribution >= 0.6 is 15.9 Å². The molecule has 0 aliphatic rings. The number of sulfonamides is 1. The van der Waals surface area contributed by atoms with Crippen LogP contribution in [0.4, 0.5) is 5.69 Å². The average Bonchev–Trinajstić information content (AvgIpc) is 2.82. The van der Waals surface area contributed by atoms with Gasteiger partial charge in [0.05, 0.1) is 23.4 Å². The number of carbonyl (C=O) groups excluding carboxylic acids is 1. The zero-order chi connectivity index (χ0) is 23.1. The van der Waals surface area contributed by atoms with E-state index in [9.17, 15) is 13.2 Å². The van der Waals surface area contributed by atoms with Crippen molar-refractivity contribution in [1.82, 2.24) is 5.43 Å². The van der Waals surface area contributed by atoms with Crippen molar-refractivity contribution in [3.05, 3.63) is 88.9 Å². The summed E-state index contributed by atoms with van der Waals surface area (Å²) in [5.41, 5.74) is 4.18. The van der Waals surface area contributed by atoms with Crippen molar-refractivity contribution in [2.45, 2.75) is 11.8 Å². The molecule has 0 atom stereocenters. The highest BCUT2D eigenvalue weighted by Crippen LogP contribution is 2.25. The SMILES string of the molecule is COc1ccc(C(C)=NNC(=O)CN(c2ccc(Br)cc2)S(=O)(=O)c2ccccc2)cc1. The second-order valence-corrected chi connectivity index (χ2v) is 9.54. The minimum atomic E-state index is -3.97. The van der Waals surface area contributed by atoms with Gasteiger partial charge in [0.15, 0.2) is 0 Å². The molecule has 0 radical (unpaired) electrons. The Labute approximate surface area is 195 Å². The molecule has 32 heavy (non-hydrogen) atoms. The normalized spacial score (nSPS) is 11.7. The Balaban J connectivity index is 1.82. The highest BCUT2D eigenvalue weighted by Gasteiger charge is 2.27. The Bertz CT molecular complexity index is 1200. The third-order valence-corrected chi connectivity index (χ3v) is 6.91. The van der Waals surface area contributed by atoms with Gasteiger partial charge in [0.2, 0.25) is 0 Å². The minimum Gasteiger partial charge on any atom is -0.497 e. The first-order valence-electron chi connectivity index (χ1n) is 9.62. The highest BCUT2D eigenvalue weighted by atomic mass is 79.9. The molecule has 0 aromatic heterocycles. The van der Waals surface area contributed by atoms with Gasteiger partial charge in [-0.05, 0) is 73.2 Å². The number of anilines is 1. The van der Waals surface area contributed by atoms with E-state index in [1.54, 1.807) is 68.6 Å². The number of ether oxygens (including phenoxy) is 1. The van der Waals surface area contributed by atoms with Gasteiger partial charge >= 0.3 is 0 Å². The number of nitrogens with one attached hydrogen (secondary N) is 1. The Hall–Kier alpha value is -3.17. The van der Waals surface area contributed by atoms with Crippen molar-refractivity contribution in [3.8, 4) is 5.75 Å². The Morgan fingerprint density at radius 1 is 1.00 bits per heavy atom. The number of rotatable bonds is 8. The van der Waals surface area contributed by atoms with Crippen LogP contribution < -0.4 is 14.5 Å². The predicted molar refractivity (Wildman–Crippen MR) is 128 cm³/mol. The number of carbonyl (C=O) groups is 1. The molecule has 0 saturated heterocycles. The van der Waals surface area contributed by atoms with Gasteiger partial charge in [0, 0.05) is 4.47 Å². The predicted octanol–water partition coefficient (Wildman–Crippen LogP) is 4.19. The van der Waals surface area contributed by atoms with E-state index in [2.05, 4.69) is 26.5 Å². The zero-order valence-corrected chi connectivity index (χ0v) is 19.9. The fraction of sp³-hybridized carbons (Fsp3) is 0.130. The number of methoxy groups -OCH3 is 1. The van der Waals surface area contributed by atoms with E-state index in [1.165, 1.54) is 12.1 Å². The molecular weight excluding hydrogens is 494 g/mol. The minimum absolute atomic E-state index is 0.0913. The summed E-state index contributed by atoms with van der Waals surface area (Å²) in [6, 6.07) is 21.9. The molecule has 3 aromatic rings. The van der Waals surface area contributed by atoms with Crippen molar-refractivity contribution in [1.29, 1.82) is 0 Å². The second kappa shape index (κ2) is 10.4. The molecule has 0 aliphatic heterocycles. The number of amides is 1. The van der Waals surface area contributed by atoms with Crippen molar-refractivity contribution in [2.75, 3.05) is 18.0 Å². The number of hydrogen-bond acceptors (Lipinski definition) is 5. The van der Waals surface area contributed by atoms with E-state index >= 15 is 0 Å². The molecule has 3 rings (SSSR count).